The average molecular weight is 584 g/mol. The predicted molar refractivity (Wildman–Crippen MR) is 192 cm³/mol. The lowest BCUT2D eigenvalue weighted by atomic mass is 9.95. The zero-order chi connectivity index (χ0) is 31.8. The number of rotatable bonds is 9. The van der Waals surface area contributed by atoms with Crippen molar-refractivity contribution in [2.24, 2.45) is 0 Å². The zero-order valence-corrected chi connectivity index (χ0v) is 26.1. The summed E-state index contributed by atoms with van der Waals surface area (Å²) in [5.74, 6) is 0. The molecule has 0 bridgehead atoms. The number of nitriles is 1. The van der Waals surface area contributed by atoms with Crippen molar-refractivity contribution >= 4 is 17.3 Å². The Hall–Kier alpha value is -5.72. The van der Waals surface area contributed by atoms with Crippen LogP contribution in [0.2, 0.25) is 0 Å². The molecule has 3 heteroatoms. The maximum absolute atomic E-state index is 9.62. The topological polar surface area (TPSA) is 62.7 Å². The van der Waals surface area contributed by atoms with Crippen LogP contribution in [0.3, 0.4) is 0 Å². The Bertz CT molecular complexity index is 1970. The number of nitrogens with zero attached hydrogens (tertiary/aromatic N) is 2. The van der Waals surface area contributed by atoms with E-state index in [1.165, 1.54) is 22.3 Å². The van der Waals surface area contributed by atoms with Crippen molar-refractivity contribution < 1.29 is 0 Å². The van der Waals surface area contributed by atoms with E-state index in [4.69, 9.17) is 10.7 Å². The molecule has 4 aromatic carbocycles. The van der Waals surface area contributed by atoms with Crippen LogP contribution in [0.5, 0.6) is 0 Å². The summed E-state index contributed by atoms with van der Waals surface area (Å²) in [4.78, 5) is 5.06. The summed E-state index contributed by atoms with van der Waals surface area (Å²) < 4.78 is 0. The Labute approximate surface area is 267 Å². The summed E-state index contributed by atoms with van der Waals surface area (Å²) in [6.45, 7) is 10.4. The van der Waals surface area contributed by atoms with Crippen LogP contribution in [0.15, 0.2) is 134 Å². The van der Waals surface area contributed by atoms with Gasteiger partial charge in [-0.25, -0.2) is 4.98 Å². The number of anilines is 1. The van der Waals surface area contributed by atoms with Gasteiger partial charge in [0, 0.05) is 16.8 Å². The SMILES string of the molecule is C=C/C(=C\C=C/C)c1cc(-c2ccc(-c3ccc(/C=C\CC)c(C)c3)cc2)cc(-c2ccc(-c3cc(N)ccc3C#N)cc2)n1. The summed E-state index contributed by atoms with van der Waals surface area (Å²) in [6, 6.07) is 35.4. The third kappa shape index (κ3) is 7.09. The van der Waals surface area contributed by atoms with Crippen molar-refractivity contribution in [3.8, 4) is 50.7 Å². The van der Waals surface area contributed by atoms with Gasteiger partial charge in [-0.15, -0.1) is 0 Å². The van der Waals surface area contributed by atoms with E-state index in [1.807, 2.05) is 61.6 Å². The lowest BCUT2D eigenvalue weighted by Gasteiger charge is -2.12. The van der Waals surface area contributed by atoms with Gasteiger partial charge in [0.25, 0.3) is 0 Å². The minimum Gasteiger partial charge on any atom is -0.399 e. The number of hydrogen-bond donors (Lipinski definition) is 1. The highest BCUT2D eigenvalue weighted by molar-refractivity contribution is 5.82. The van der Waals surface area contributed by atoms with Crippen LogP contribution in [-0.2, 0) is 0 Å². The highest BCUT2D eigenvalue weighted by Gasteiger charge is 2.12. The van der Waals surface area contributed by atoms with Crippen LogP contribution in [0.1, 0.15) is 42.7 Å². The summed E-state index contributed by atoms with van der Waals surface area (Å²) in [5.41, 5.74) is 19.7. The van der Waals surface area contributed by atoms with Gasteiger partial charge in [0.2, 0.25) is 0 Å². The highest BCUT2D eigenvalue weighted by Crippen LogP contribution is 2.33. The van der Waals surface area contributed by atoms with Gasteiger partial charge in [0.05, 0.1) is 23.0 Å². The first-order chi connectivity index (χ1) is 21.9. The Morgan fingerprint density at radius 3 is 2.13 bits per heavy atom. The van der Waals surface area contributed by atoms with E-state index in [9.17, 15) is 5.26 Å². The lowest BCUT2D eigenvalue weighted by molar-refractivity contribution is 1.23. The van der Waals surface area contributed by atoms with E-state index >= 15 is 0 Å². The molecule has 0 saturated carbocycles. The molecule has 5 aromatic rings. The van der Waals surface area contributed by atoms with Gasteiger partial charge in [-0.2, -0.15) is 5.26 Å². The summed E-state index contributed by atoms with van der Waals surface area (Å²) in [6.07, 6.45) is 13.3. The summed E-state index contributed by atoms with van der Waals surface area (Å²) >= 11 is 0. The number of nitrogens with two attached hydrogens (primary N) is 1. The predicted octanol–water partition coefficient (Wildman–Crippen LogP) is 11.1. The van der Waals surface area contributed by atoms with Gasteiger partial charge >= 0.3 is 0 Å². The fourth-order valence-corrected chi connectivity index (χ4v) is 5.31. The first-order valence-electron chi connectivity index (χ1n) is 15.2. The Morgan fingerprint density at radius 2 is 1.49 bits per heavy atom. The van der Waals surface area contributed by atoms with E-state index in [0.717, 1.165) is 51.2 Å². The largest absolute Gasteiger partial charge is 0.399 e. The number of aromatic nitrogens is 1. The smallest absolute Gasteiger partial charge is 0.0998 e. The van der Waals surface area contributed by atoms with Crippen LogP contribution in [0.25, 0.3) is 56.3 Å². The second kappa shape index (κ2) is 14.2. The molecule has 0 fully saturated rings. The van der Waals surface area contributed by atoms with Crippen LogP contribution in [0.4, 0.5) is 5.69 Å². The number of benzene rings is 4. The van der Waals surface area contributed by atoms with Gasteiger partial charge < -0.3 is 5.73 Å². The van der Waals surface area contributed by atoms with Crippen molar-refractivity contribution in [3.05, 3.63) is 156 Å². The number of nitrogen functional groups attached to an aromatic ring is 1. The van der Waals surface area contributed by atoms with E-state index in [1.54, 1.807) is 12.1 Å². The Morgan fingerprint density at radius 1 is 0.822 bits per heavy atom. The molecule has 220 valence electrons. The maximum Gasteiger partial charge on any atom is 0.0998 e. The molecule has 1 heterocycles. The molecule has 0 saturated heterocycles. The third-order valence-electron chi connectivity index (χ3n) is 7.82. The first-order valence-corrected chi connectivity index (χ1v) is 15.2. The molecular weight excluding hydrogens is 546 g/mol. The first kappa shape index (κ1) is 30.7. The molecule has 0 amide bonds. The number of hydrogen-bond acceptors (Lipinski definition) is 3. The lowest BCUT2D eigenvalue weighted by Crippen LogP contribution is -1.94. The van der Waals surface area contributed by atoms with Gasteiger partial charge in [0.15, 0.2) is 0 Å². The Kier molecular flexibility index (Phi) is 9.67. The second-order valence-electron chi connectivity index (χ2n) is 10.9. The number of allylic oxidation sites excluding steroid dienone is 6. The second-order valence-corrected chi connectivity index (χ2v) is 10.9. The summed E-state index contributed by atoms with van der Waals surface area (Å²) in [7, 11) is 0. The van der Waals surface area contributed by atoms with Crippen molar-refractivity contribution in [3.63, 3.8) is 0 Å². The van der Waals surface area contributed by atoms with Crippen molar-refractivity contribution in [1.29, 1.82) is 5.26 Å². The average Bonchev–Trinajstić information content (AvgIpc) is 3.08. The van der Waals surface area contributed by atoms with E-state index in [2.05, 4.69) is 93.2 Å². The molecule has 1 aromatic heterocycles. The molecule has 0 radical (unpaired) electrons. The number of aryl methyl sites for hydroxylation is 1. The molecule has 5 rings (SSSR count). The van der Waals surface area contributed by atoms with Crippen molar-refractivity contribution in [2.45, 2.75) is 27.2 Å². The standard InChI is InChI=1S/C42H37N3/c1-5-8-10-30(7-3)41-25-38(33-15-13-32(14-16-33)36-21-12-31(11-9-6-2)29(4)24-36)26-42(45-41)35-19-17-34(18-20-35)40-27-39(44)23-22-37(40)28-43/h5,7-27H,3,6,44H2,1-2,4H3/b8-5-,11-9-,30-10+. The van der Waals surface area contributed by atoms with Crippen LogP contribution in [-0.4, -0.2) is 4.98 Å². The van der Waals surface area contributed by atoms with Gasteiger partial charge in [0.1, 0.15) is 0 Å². The quantitative estimate of drug-likeness (QED) is 0.139. The zero-order valence-electron chi connectivity index (χ0n) is 26.1. The fraction of sp³-hybridized carbons (Fsp3) is 0.0952. The summed E-state index contributed by atoms with van der Waals surface area (Å²) in [5, 5.41) is 9.62. The van der Waals surface area contributed by atoms with E-state index in [-0.39, 0.29) is 0 Å². The van der Waals surface area contributed by atoms with Crippen molar-refractivity contribution in [2.75, 3.05) is 5.73 Å². The van der Waals surface area contributed by atoms with Gasteiger partial charge in [-0.05, 0) is 95.1 Å². The van der Waals surface area contributed by atoms with Gasteiger partial charge in [-0.1, -0.05) is 117 Å². The van der Waals surface area contributed by atoms with E-state index in [0.29, 0.717) is 11.3 Å². The molecule has 0 unspecified atom stereocenters. The minimum atomic E-state index is 0.590. The molecule has 3 nitrogen and oxygen atoms in total. The van der Waals surface area contributed by atoms with Crippen molar-refractivity contribution in [1.82, 2.24) is 4.98 Å². The molecule has 45 heavy (non-hydrogen) atoms. The van der Waals surface area contributed by atoms with Crippen LogP contribution >= 0.6 is 0 Å². The molecule has 0 spiro atoms. The maximum atomic E-state index is 9.62. The highest BCUT2D eigenvalue weighted by atomic mass is 14.7. The number of pyridine rings is 1. The fourth-order valence-electron chi connectivity index (χ4n) is 5.31. The monoisotopic (exact) mass is 583 g/mol. The van der Waals surface area contributed by atoms with E-state index < -0.39 is 0 Å². The van der Waals surface area contributed by atoms with Crippen LogP contribution < -0.4 is 5.73 Å². The van der Waals surface area contributed by atoms with Crippen LogP contribution in [0, 0.1) is 18.3 Å². The normalized spacial score (nSPS) is 11.6. The Balaban J connectivity index is 1.54. The minimum absolute atomic E-state index is 0.590. The molecule has 0 aliphatic carbocycles. The molecule has 2 N–H and O–H groups in total. The molecular formula is C42H37N3. The molecule has 0 atom stereocenters. The molecule has 0 aliphatic heterocycles. The molecule has 0 aliphatic rings. The van der Waals surface area contributed by atoms with Gasteiger partial charge in [-0.3, -0.25) is 0 Å². The third-order valence-corrected chi connectivity index (χ3v) is 7.82.